The number of carbonyl (C=O) groups is 1. The standard InChI is InChI=1S/C14H22N2O2S/c1-4-8-16(9(2)3)14-15-12-10(13(17)18)6-5-7-11(12)19-14/h9-10H,4-8H2,1-3H3,(H,17,18). The molecule has 0 saturated carbocycles. The summed E-state index contributed by atoms with van der Waals surface area (Å²) in [5, 5.41) is 10.3. The molecule has 1 unspecified atom stereocenters. The van der Waals surface area contributed by atoms with Gasteiger partial charge in [0.1, 0.15) is 5.92 Å². The van der Waals surface area contributed by atoms with Crippen LogP contribution in [-0.4, -0.2) is 28.6 Å². The molecule has 0 saturated heterocycles. The van der Waals surface area contributed by atoms with Crippen LogP contribution in [0.4, 0.5) is 5.13 Å². The van der Waals surface area contributed by atoms with Gasteiger partial charge >= 0.3 is 5.97 Å². The van der Waals surface area contributed by atoms with E-state index in [1.165, 1.54) is 4.88 Å². The molecule has 1 aliphatic carbocycles. The lowest BCUT2D eigenvalue weighted by molar-refractivity contribution is -0.139. The zero-order valence-electron chi connectivity index (χ0n) is 11.8. The van der Waals surface area contributed by atoms with E-state index >= 15 is 0 Å². The number of fused-ring (bicyclic) bond motifs is 1. The number of aliphatic carboxylic acids is 1. The topological polar surface area (TPSA) is 53.4 Å². The van der Waals surface area contributed by atoms with Crippen LogP contribution in [0.25, 0.3) is 0 Å². The first kappa shape index (κ1) is 14.3. The molecule has 106 valence electrons. The summed E-state index contributed by atoms with van der Waals surface area (Å²) in [6.45, 7) is 7.44. The number of thiazole rings is 1. The number of aromatic nitrogens is 1. The van der Waals surface area contributed by atoms with Gasteiger partial charge < -0.3 is 10.0 Å². The van der Waals surface area contributed by atoms with Gasteiger partial charge in [-0.15, -0.1) is 11.3 Å². The van der Waals surface area contributed by atoms with Crippen LogP contribution < -0.4 is 4.90 Å². The highest BCUT2D eigenvalue weighted by Gasteiger charge is 2.31. The lowest BCUT2D eigenvalue weighted by Crippen LogP contribution is -2.31. The third kappa shape index (κ3) is 2.91. The second-order valence-electron chi connectivity index (χ2n) is 5.38. The van der Waals surface area contributed by atoms with Crippen LogP contribution >= 0.6 is 11.3 Å². The summed E-state index contributed by atoms with van der Waals surface area (Å²) in [6, 6.07) is 0.399. The first-order chi connectivity index (χ1) is 9.04. The fourth-order valence-corrected chi connectivity index (χ4v) is 3.91. The fraction of sp³-hybridized carbons (Fsp3) is 0.714. The van der Waals surface area contributed by atoms with Gasteiger partial charge in [-0.2, -0.15) is 0 Å². The van der Waals surface area contributed by atoms with Gasteiger partial charge in [-0.25, -0.2) is 4.98 Å². The maximum Gasteiger partial charge on any atom is 0.312 e. The van der Waals surface area contributed by atoms with Crippen molar-refractivity contribution in [3.63, 3.8) is 0 Å². The van der Waals surface area contributed by atoms with Crippen LogP contribution in [0, 0.1) is 0 Å². The third-order valence-corrected chi connectivity index (χ3v) is 4.74. The SMILES string of the molecule is CCCN(c1nc2c(s1)CCCC2C(=O)O)C(C)C. The number of nitrogens with zero attached hydrogens (tertiary/aromatic N) is 2. The molecule has 0 fully saturated rings. The van der Waals surface area contributed by atoms with Crippen LogP contribution in [0.1, 0.15) is 56.5 Å². The normalized spacial score (nSPS) is 18.4. The molecule has 1 aromatic heterocycles. The summed E-state index contributed by atoms with van der Waals surface area (Å²) in [7, 11) is 0. The second-order valence-corrected chi connectivity index (χ2v) is 6.44. The van der Waals surface area contributed by atoms with Gasteiger partial charge in [-0.3, -0.25) is 4.79 Å². The summed E-state index contributed by atoms with van der Waals surface area (Å²) in [6.07, 6.45) is 3.74. The largest absolute Gasteiger partial charge is 0.481 e. The molecule has 19 heavy (non-hydrogen) atoms. The Kier molecular flexibility index (Phi) is 4.45. The van der Waals surface area contributed by atoms with E-state index in [0.29, 0.717) is 6.04 Å². The Labute approximate surface area is 118 Å². The first-order valence-corrected chi connectivity index (χ1v) is 7.85. The van der Waals surface area contributed by atoms with E-state index in [-0.39, 0.29) is 0 Å². The number of hydrogen-bond acceptors (Lipinski definition) is 4. The molecule has 0 spiro atoms. The Balaban J connectivity index is 2.32. The number of aryl methyl sites for hydroxylation is 1. The van der Waals surface area contributed by atoms with E-state index < -0.39 is 11.9 Å². The second kappa shape index (κ2) is 5.90. The molecule has 1 atom stereocenters. The van der Waals surface area contributed by atoms with Crippen molar-refractivity contribution in [3.05, 3.63) is 10.6 Å². The number of carboxylic acid groups (broad SMARTS) is 1. The zero-order chi connectivity index (χ0) is 14.0. The molecule has 0 amide bonds. The Hall–Kier alpha value is -1.10. The number of hydrogen-bond donors (Lipinski definition) is 1. The molecule has 0 aliphatic heterocycles. The van der Waals surface area contributed by atoms with Gasteiger partial charge in [0.15, 0.2) is 5.13 Å². The zero-order valence-corrected chi connectivity index (χ0v) is 12.7. The number of anilines is 1. The van der Waals surface area contributed by atoms with E-state index in [9.17, 15) is 9.90 Å². The molecular formula is C14H22N2O2S. The van der Waals surface area contributed by atoms with E-state index in [4.69, 9.17) is 0 Å². The Morgan fingerprint density at radius 3 is 2.89 bits per heavy atom. The number of carboxylic acids is 1. The van der Waals surface area contributed by atoms with Gasteiger partial charge in [0.25, 0.3) is 0 Å². The quantitative estimate of drug-likeness (QED) is 0.900. The van der Waals surface area contributed by atoms with Gasteiger partial charge in [0.05, 0.1) is 5.69 Å². The van der Waals surface area contributed by atoms with Crippen molar-refractivity contribution in [2.75, 3.05) is 11.4 Å². The highest BCUT2D eigenvalue weighted by atomic mass is 32.1. The number of rotatable bonds is 5. The highest BCUT2D eigenvalue weighted by molar-refractivity contribution is 7.15. The van der Waals surface area contributed by atoms with Crippen LogP contribution in [-0.2, 0) is 11.2 Å². The molecule has 4 nitrogen and oxygen atoms in total. The molecule has 1 heterocycles. The van der Waals surface area contributed by atoms with E-state index in [1.807, 2.05) is 0 Å². The minimum absolute atomic E-state index is 0.399. The van der Waals surface area contributed by atoms with Crippen molar-refractivity contribution in [2.24, 2.45) is 0 Å². The van der Waals surface area contributed by atoms with Crippen molar-refractivity contribution < 1.29 is 9.90 Å². The molecule has 0 aromatic carbocycles. The molecule has 1 aromatic rings. The molecule has 0 bridgehead atoms. The minimum Gasteiger partial charge on any atom is -0.481 e. The van der Waals surface area contributed by atoms with E-state index in [2.05, 4.69) is 30.7 Å². The summed E-state index contributed by atoms with van der Waals surface area (Å²) in [4.78, 5) is 19.4. The van der Waals surface area contributed by atoms with Crippen LogP contribution in [0.5, 0.6) is 0 Å². The van der Waals surface area contributed by atoms with Gasteiger partial charge in [0.2, 0.25) is 0 Å². The summed E-state index contributed by atoms with van der Waals surface area (Å²) in [5.41, 5.74) is 0.820. The molecule has 2 rings (SSSR count). The average Bonchev–Trinajstić information content (AvgIpc) is 2.77. The first-order valence-electron chi connectivity index (χ1n) is 7.03. The van der Waals surface area contributed by atoms with Crippen molar-refractivity contribution in [2.45, 2.75) is 58.4 Å². The molecule has 1 N–H and O–H groups in total. The summed E-state index contributed by atoms with van der Waals surface area (Å²) >= 11 is 1.68. The molecule has 5 heteroatoms. The molecule has 1 aliphatic rings. The smallest absolute Gasteiger partial charge is 0.312 e. The predicted octanol–water partition coefficient (Wildman–Crippen LogP) is 3.27. The van der Waals surface area contributed by atoms with E-state index in [0.717, 1.165) is 43.1 Å². The van der Waals surface area contributed by atoms with E-state index in [1.54, 1.807) is 11.3 Å². The van der Waals surface area contributed by atoms with Crippen molar-refractivity contribution in [1.82, 2.24) is 4.98 Å². The molecular weight excluding hydrogens is 260 g/mol. The molecule has 0 radical (unpaired) electrons. The predicted molar refractivity (Wildman–Crippen MR) is 78.2 cm³/mol. The highest BCUT2D eigenvalue weighted by Crippen LogP contribution is 2.38. The lowest BCUT2D eigenvalue weighted by Gasteiger charge is -2.25. The minimum atomic E-state index is -0.732. The average molecular weight is 282 g/mol. The third-order valence-electron chi connectivity index (χ3n) is 3.57. The Morgan fingerprint density at radius 1 is 1.58 bits per heavy atom. The van der Waals surface area contributed by atoms with Crippen LogP contribution in [0.3, 0.4) is 0 Å². The van der Waals surface area contributed by atoms with Gasteiger partial charge in [0, 0.05) is 17.5 Å². The fourth-order valence-electron chi connectivity index (χ4n) is 2.58. The van der Waals surface area contributed by atoms with Crippen LogP contribution in [0.2, 0.25) is 0 Å². The van der Waals surface area contributed by atoms with Crippen molar-refractivity contribution >= 4 is 22.4 Å². The van der Waals surface area contributed by atoms with Crippen LogP contribution in [0.15, 0.2) is 0 Å². The summed E-state index contributed by atoms with van der Waals surface area (Å²) < 4.78 is 0. The van der Waals surface area contributed by atoms with Crippen molar-refractivity contribution in [3.8, 4) is 0 Å². The van der Waals surface area contributed by atoms with Crippen molar-refractivity contribution in [1.29, 1.82) is 0 Å². The lowest BCUT2D eigenvalue weighted by atomic mass is 9.91. The van der Waals surface area contributed by atoms with Gasteiger partial charge in [-0.1, -0.05) is 6.92 Å². The maximum atomic E-state index is 11.3. The monoisotopic (exact) mass is 282 g/mol. The Bertz CT molecular complexity index is 456. The summed E-state index contributed by atoms with van der Waals surface area (Å²) in [5.74, 6) is -1.13. The van der Waals surface area contributed by atoms with Gasteiger partial charge in [-0.05, 0) is 39.5 Å². The Morgan fingerprint density at radius 2 is 2.32 bits per heavy atom. The maximum absolute atomic E-state index is 11.3.